The van der Waals surface area contributed by atoms with Crippen LogP contribution in [0.2, 0.25) is 0 Å². The van der Waals surface area contributed by atoms with Gasteiger partial charge in [-0.25, -0.2) is 4.98 Å². The second-order valence-corrected chi connectivity index (χ2v) is 6.58. The summed E-state index contributed by atoms with van der Waals surface area (Å²) < 4.78 is 2.33. The third-order valence-electron chi connectivity index (χ3n) is 4.67. The fourth-order valence-electron chi connectivity index (χ4n) is 3.06. The Kier molecular flexibility index (Phi) is 3.18. The van der Waals surface area contributed by atoms with E-state index in [2.05, 4.69) is 23.4 Å². The highest BCUT2D eigenvalue weighted by molar-refractivity contribution is 5.06. The molecular formula is C15H25N3. The maximum Gasteiger partial charge on any atom is 0.0948 e. The molecule has 2 fully saturated rings. The molecule has 0 bridgehead atoms. The zero-order valence-corrected chi connectivity index (χ0v) is 11.5. The van der Waals surface area contributed by atoms with Crippen LogP contribution in [0.1, 0.15) is 51.3 Å². The van der Waals surface area contributed by atoms with Crippen molar-refractivity contribution in [2.45, 2.75) is 52.1 Å². The van der Waals surface area contributed by atoms with Crippen molar-refractivity contribution in [2.24, 2.45) is 29.4 Å². The molecule has 0 aliphatic heterocycles. The molecule has 0 spiro atoms. The molecule has 2 aliphatic carbocycles. The van der Waals surface area contributed by atoms with Crippen molar-refractivity contribution in [1.82, 2.24) is 9.55 Å². The zero-order valence-electron chi connectivity index (χ0n) is 11.5. The monoisotopic (exact) mass is 247 g/mol. The highest BCUT2D eigenvalue weighted by Gasteiger charge is 2.41. The summed E-state index contributed by atoms with van der Waals surface area (Å²) in [5, 5.41) is 0. The Labute approximate surface area is 110 Å². The standard InChI is InChI=1S/C15H25N3/c1-10(2)15(16)14-7-17-9-18(14)8-13(11-3-4-11)12-5-6-12/h7,9-13,15H,3-6,8,16H2,1-2H3. The lowest BCUT2D eigenvalue weighted by Gasteiger charge is -2.22. The van der Waals surface area contributed by atoms with E-state index in [1.807, 2.05) is 12.5 Å². The van der Waals surface area contributed by atoms with E-state index in [9.17, 15) is 0 Å². The molecular weight excluding hydrogens is 222 g/mol. The summed E-state index contributed by atoms with van der Waals surface area (Å²) in [5.74, 6) is 3.34. The third kappa shape index (κ3) is 2.46. The molecule has 0 aromatic carbocycles. The van der Waals surface area contributed by atoms with E-state index >= 15 is 0 Å². The summed E-state index contributed by atoms with van der Waals surface area (Å²) in [7, 11) is 0. The van der Waals surface area contributed by atoms with Crippen LogP contribution in [0.4, 0.5) is 0 Å². The molecule has 1 heterocycles. The Morgan fingerprint density at radius 1 is 1.28 bits per heavy atom. The SMILES string of the molecule is CC(C)C(N)c1cncn1CC(C1CC1)C1CC1. The first-order chi connectivity index (χ1) is 8.66. The van der Waals surface area contributed by atoms with E-state index in [-0.39, 0.29) is 6.04 Å². The van der Waals surface area contributed by atoms with Gasteiger partial charge in [0.25, 0.3) is 0 Å². The molecule has 3 rings (SSSR count). The molecule has 3 nitrogen and oxygen atoms in total. The molecule has 0 amide bonds. The van der Waals surface area contributed by atoms with Gasteiger partial charge in [0, 0.05) is 18.8 Å². The highest BCUT2D eigenvalue weighted by Crippen LogP contribution is 2.50. The van der Waals surface area contributed by atoms with Crippen LogP contribution in [0, 0.1) is 23.7 Å². The number of imidazole rings is 1. The van der Waals surface area contributed by atoms with Crippen LogP contribution in [0.5, 0.6) is 0 Å². The molecule has 2 N–H and O–H groups in total. The van der Waals surface area contributed by atoms with E-state index in [1.165, 1.54) is 31.4 Å². The smallest absolute Gasteiger partial charge is 0.0948 e. The summed E-state index contributed by atoms with van der Waals surface area (Å²) in [6.07, 6.45) is 9.72. The number of nitrogens with zero attached hydrogens (tertiary/aromatic N) is 2. The van der Waals surface area contributed by atoms with Crippen molar-refractivity contribution < 1.29 is 0 Å². The van der Waals surface area contributed by atoms with Crippen molar-refractivity contribution in [3.8, 4) is 0 Å². The van der Waals surface area contributed by atoms with Crippen molar-refractivity contribution >= 4 is 0 Å². The maximum atomic E-state index is 6.28. The summed E-state index contributed by atoms with van der Waals surface area (Å²) in [5.41, 5.74) is 7.50. The van der Waals surface area contributed by atoms with Crippen LogP contribution in [-0.2, 0) is 6.54 Å². The Balaban J connectivity index is 1.73. The predicted molar refractivity (Wildman–Crippen MR) is 72.9 cm³/mol. The van der Waals surface area contributed by atoms with Gasteiger partial charge < -0.3 is 10.3 Å². The van der Waals surface area contributed by atoms with Gasteiger partial charge in [-0.1, -0.05) is 13.8 Å². The number of hydrogen-bond donors (Lipinski definition) is 1. The fraction of sp³-hybridized carbons (Fsp3) is 0.800. The zero-order chi connectivity index (χ0) is 12.7. The van der Waals surface area contributed by atoms with Gasteiger partial charge in [0.15, 0.2) is 0 Å². The van der Waals surface area contributed by atoms with E-state index in [0.717, 1.165) is 24.3 Å². The van der Waals surface area contributed by atoms with Gasteiger partial charge in [-0.05, 0) is 49.4 Å². The predicted octanol–water partition coefficient (Wildman–Crippen LogP) is 2.98. The van der Waals surface area contributed by atoms with Crippen LogP contribution in [0.3, 0.4) is 0 Å². The number of hydrogen-bond acceptors (Lipinski definition) is 2. The molecule has 18 heavy (non-hydrogen) atoms. The van der Waals surface area contributed by atoms with Crippen molar-refractivity contribution in [2.75, 3.05) is 0 Å². The van der Waals surface area contributed by atoms with Crippen LogP contribution >= 0.6 is 0 Å². The molecule has 1 aromatic rings. The molecule has 100 valence electrons. The first kappa shape index (κ1) is 12.2. The Bertz CT molecular complexity index is 390. The van der Waals surface area contributed by atoms with Crippen molar-refractivity contribution in [3.63, 3.8) is 0 Å². The van der Waals surface area contributed by atoms with Crippen molar-refractivity contribution in [1.29, 1.82) is 0 Å². The third-order valence-corrected chi connectivity index (χ3v) is 4.67. The van der Waals surface area contributed by atoms with Gasteiger partial charge in [0.05, 0.1) is 12.0 Å². The minimum atomic E-state index is 0.117. The minimum absolute atomic E-state index is 0.117. The molecule has 2 saturated carbocycles. The first-order valence-electron chi connectivity index (χ1n) is 7.42. The highest BCUT2D eigenvalue weighted by atomic mass is 15.1. The average Bonchev–Trinajstić information content (AvgIpc) is 3.24. The maximum absolute atomic E-state index is 6.28. The molecule has 1 aromatic heterocycles. The summed E-state index contributed by atoms with van der Waals surface area (Å²) in [6.45, 7) is 5.51. The topological polar surface area (TPSA) is 43.8 Å². The molecule has 3 heteroatoms. The average molecular weight is 247 g/mol. The molecule has 1 atom stereocenters. The normalized spacial score (nSPS) is 21.8. The van der Waals surface area contributed by atoms with Gasteiger partial charge in [0.2, 0.25) is 0 Å². The Hall–Kier alpha value is -0.830. The number of rotatable bonds is 6. The summed E-state index contributed by atoms with van der Waals surface area (Å²) in [6, 6.07) is 0.117. The van der Waals surface area contributed by atoms with Gasteiger partial charge in [-0.2, -0.15) is 0 Å². The van der Waals surface area contributed by atoms with Crippen LogP contribution in [-0.4, -0.2) is 9.55 Å². The van der Waals surface area contributed by atoms with Crippen LogP contribution in [0.15, 0.2) is 12.5 Å². The second kappa shape index (κ2) is 4.69. The van der Waals surface area contributed by atoms with E-state index < -0.39 is 0 Å². The quantitative estimate of drug-likeness (QED) is 0.840. The van der Waals surface area contributed by atoms with Gasteiger partial charge in [-0.3, -0.25) is 0 Å². The van der Waals surface area contributed by atoms with Crippen LogP contribution < -0.4 is 5.73 Å². The lowest BCUT2D eigenvalue weighted by molar-refractivity contribution is 0.337. The molecule has 0 radical (unpaired) electrons. The lowest BCUT2D eigenvalue weighted by atomic mass is 9.97. The largest absolute Gasteiger partial charge is 0.333 e. The minimum Gasteiger partial charge on any atom is -0.333 e. The second-order valence-electron chi connectivity index (χ2n) is 6.58. The fourth-order valence-corrected chi connectivity index (χ4v) is 3.06. The molecule has 0 saturated heterocycles. The van der Waals surface area contributed by atoms with Gasteiger partial charge in [0.1, 0.15) is 0 Å². The number of aromatic nitrogens is 2. The van der Waals surface area contributed by atoms with Crippen LogP contribution in [0.25, 0.3) is 0 Å². The lowest BCUT2D eigenvalue weighted by Crippen LogP contribution is -2.23. The van der Waals surface area contributed by atoms with Gasteiger partial charge in [-0.15, -0.1) is 0 Å². The number of nitrogens with two attached hydrogens (primary N) is 1. The van der Waals surface area contributed by atoms with E-state index in [0.29, 0.717) is 5.92 Å². The Morgan fingerprint density at radius 2 is 1.89 bits per heavy atom. The Morgan fingerprint density at radius 3 is 2.39 bits per heavy atom. The van der Waals surface area contributed by atoms with E-state index in [4.69, 9.17) is 5.73 Å². The summed E-state index contributed by atoms with van der Waals surface area (Å²) in [4.78, 5) is 4.32. The van der Waals surface area contributed by atoms with Crippen molar-refractivity contribution in [3.05, 3.63) is 18.2 Å². The molecule has 1 unspecified atom stereocenters. The molecule has 2 aliphatic rings. The first-order valence-corrected chi connectivity index (χ1v) is 7.42. The van der Waals surface area contributed by atoms with Gasteiger partial charge >= 0.3 is 0 Å². The summed E-state index contributed by atoms with van der Waals surface area (Å²) >= 11 is 0. The van der Waals surface area contributed by atoms with E-state index in [1.54, 1.807) is 0 Å².